The number of fused-ring (bicyclic) bond motifs is 1. The lowest BCUT2D eigenvalue weighted by Crippen LogP contribution is -2.69. The van der Waals surface area contributed by atoms with Crippen LogP contribution >= 0.6 is 0 Å². The topological polar surface area (TPSA) is 32.7 Å². The Kier molecular flexibility index (Phi) is 3.92. The van der Waals surface area contributed by atoms with Crippen LogP contribution in [0.15, 0.2) is 18.2 Å². The van der Waals surface area contributed by atoms with Gasteiger partial charge in [-0.1, -0.05) is 13.0 Å². The van der Waals surface area contributed by atoms with Crippen LogP contribution in [-0.4, -0.2) is 42.4 Å². The lowest BCUT2D eigenvalue weighted by atomic mass is 9.43. The summed E-state index contributed by atoms with van der Waals surface area (Å²) in [4.78, 5) is 2.85. The minimum Gasteiger partial charge on any atom is -0.497 e. The monoisotopic (exact) mass is 355 g/mol. The van der Waals surface area contributed by atoms with Crippen molar-refractivity contribution in [2.24, 2.45) is 11.3 Å². The number of nitrogens with zero attached hydrogens (tertiary/aromatic N) is 1. The SMILES string of the molecule is CC[C@@]12CCC(O)C[C@@]13CCN(CC1CC1)[C@@H]2Cc1ccc(OC)cc13. The highest BCUT2D eigenvalue weighted by atomic mass is 16.5. The first kappa shape index (κ1) is 17.1. The summed E-state index contributed by atoms with van der Waals surface area (Å²) in [5.41, 5.74) is 3.46. The van der Waals surface area contributed by atoms with E-state index in [1.54, 1.807) is 7.11 Å². The third-order valence-corrected chi connectivity index (χ3v) is 8.43. The van der Waals surface area contributed by atoms with Gasteiger partial charge in [-0.3, -0.25) is 4.90 Å². The number of methoxy groups -OCH3 is 1. The molecule has 4 atom stereocenters. The molecule has 0 aromatic heterocycles. The number of hydrogen-bond acceptors (Lipinski definition) is 3. The highest BCUT2D eigenvalue weighted by Gasteiger charge is 2.64. The Balaban J connectivity index is 1.66. The van der Waals surface area contributed by atoms with Gasteiger partial charge in [0.25, 0.3) is 0 Å². The maximum Gasteiger partial charge on any atom is 0.119 e. The molecule has 1 N–H and O–H groups in total. The van der Waals surface area contributed by atoms with Crippen molar-refractivity contribution in [1.82, 2.24) is 4.90 Å². The maximum absolute atomic E-state index is 10.7. The molecule has 1 heterocycles. The Labute approximate surface area is 157 Å². The Morgan fingerprint density at radius 1 is 1.23 bits per heavy atom. The summed E-state index contributed by atoms with van der Waals surface area (Å²) in [5.74, 6) is 1.92. The van der Waals surface area contributed by atoms with E-state index in [4.69, 9.17) is 4.74 Å². The number of hydrogen-bond donors (Lipinski definition) is 1. The number of benzene rings is 1. The van der Waals surface area contributed by atoms with Gasteiger partial charge in [0.05, 0.1) is 13.2 Å². The van der Waals surface area contributed by atoms with Gasteiger partial charge in [-0.2, -0.15) is 0 Å². The Morgan fingerprint density at radius 3 is 2.81 bits per heavy atom. The van der Waals surface area contributed by atoms with Gasteiger partial charge < -0.3 is 9.84 Å². The van der Waals surface area contributed by atoms with Gasteiger partial charge in [-0.25, -0.2) is 0 Å². The van der Waals surface area contributed by atoms with Crippen molar-refractivity contribution in [1.29, 1.82) is 0 Å². The molecule has 1 aliphatic heterocycles. The fourth-order valence-electron chi connectivity index (χ4n) is 7.00. The van der Waals surface area contributed by atoms with Gasteiger partial charge in [0, 0.05) is 18.0 Å². The molecule has 2 saturated carbocycles. The first-order chi connectivity index (χ1) is 12.6. The van der Waals surface area contributed by atoms with Crippen LogP contribution in [0.4, 0.5) is 0 Å². The normalized spacial score (nSPS) is 39.2. The molecular weight excluding hydrogens is 322 g/mol. The van der Waals surface area contributed by atoms with Crippen LogP contribution in [0.2, 0.25) is 0 Å². The van der Waals surface area contributed by atoms with Crippen molar-refractivity contribution < 1.29 is 9.84 Å². The van der Waals surface area contributed by atoms with E-state index in [1.165, 1.54) is 62.7 Å². The van der Waals surface area contributed by atoms with Crippen molar-refractivity contribution in [3.63, 3.8) is 0 Å². The van der Waals surface area contributed by atoms with Crippen molar-refractivity contribution in [3.05, 3.63) is 29.3 Å². The molecule has 26 heavy (non-hydrogen) atoms. The molecule has 0 spiro atoms. The molecule has 142 valence electrons. The van der Waals surface area contributed by atoms with E-state index in [9.17, 15) is 5.11 Å². The van der Waals surface area contributed by atoms with Crippen LogP contribution in [-0.2, 0) is 11.8 Å². The first-order valence-electron chi connectivity index (χ1n) is 10.7. The average Bonchev–Trinajstić information content (AvgIpc) is 3.47. The van der Waals surface area contributed by atoms with Gasteiger partial charge in [0.2, 0.25) is 0 Å². The number of aliphatic hydroxyl groups excluding tert-OH is 1. The second-order valence-electron chi connectivity index (χ2n) is 9.42. The summed E-state index contributed by atoms with van der Waals surface area (Å²) < 4.78 is 5.60. The number of ether oxygens (including phenoxy) is 1. The van der Waals surface area contributed by atoms with E-state index in [1.807, 2.05) is 0 Å². The lowest BCUT2D eigenvalue weighted by molar-refractivity contribution is -0.124. The summed E-state index contributed by atoms with van der Waals surface area (Å²) in [6.07, 6.45) is 9.40. The van der Waals surface area contributed by atoms with E-state index >= 15 is 0 Å². The smallest absolute Gasteiger partial charge is 0.119 e. The third kappa shape index (κ3) is 2.26. The molecule has 2 bridgehead atoms. The highest BCUT2D eigenvalue weighted by molar-refractivity contribution is 5.47. The molecule has 0 radical (unpaired) electrons. The molecular formula is C23H33NO2. The summed E-state index contributed by atoms with van der Waals surface area (Å²) in [7, 11) is 1.77. The van der Waals surface area contributed by atoms with Crippen molar-refractivity contribution >= 4 is 0 Å². The van der Waals surface area contributed by atoms with Crippen LogP contribution in [0.5, 0.6) is 5.75 Å². The average molecular weight is 356 g/mol. The minimum atomic E-state index is -0.151. The standard InChI is InChI=1S/C23H33NO2/c1-3-22-9-8-18(25)14-23(22)10-11-24(15-16-4-5-16)21(22)12-17-6-7-19(26-2)13-20(17)23/h6-7,13,16,18,21,25H,3-5,8-12,14-15H2,1-2H3/t18?,21-,22+,23-/m1/s1. The zero-order valence-electron chi connectivity index (χ0n) is 16.3. The molecule has 1 saturated heterocycles. The molecule has 4 aliphatic rings. The summed E-state index contributed by atoms with van der Waals surface area (Å²) >= 11 is 0. The van der Waals surface area contributed by atoms with Gasteiger partial charge >= 0.3 is 0 Å². The van der Waals surface area contributed by atoms with E-state index in [-0.39, 0.29) is 11.5 Å². The zero-order chi connectivity index (χ0) is 17.9. The molecule has 3 aliphatic carbocycles. The highest BCUT2D eigenvalue weighted by Crippen LogP contribution is 2.65. The number of likely N-dealkylation sites (tertiary alicyclic amines) is 1. The molecule has 1 aromatic carbocycles. The van der Waals surface area contributed by atoms with Gasteiger partial charge in [-0.15, -0.1) is 0 Å². The van der Waals surface area contributed by atoms with Crippen LogP contribution < -0.4 is 4.74 Å². The minimum absolute atomic E-state index is 0.131. The molecule has 3 nitrogen and oxygen atoms in total. The Hall–Kier alpha value is -1.06. The maximum atomic E-state index is 10.7. The van der Waals surface area contributed by atoms with Gasteiger partial charge in [0.1, 0.15) is 5.75 Å². The number of piperidine rings is 1. The number of aliphatic hydroxyl groups is 1. The van der Waals surface area contributed by atoms with E-state index < -0.39 is 0 Å². The van der Waals surface area contributed by atoms with Crippen LogP contribution in [0.25, 0.3) is 0 Å². The quantitative estimate of drug-likeness (QED) is 0.889. The fraction of sp³-hybridized carbons (Fsp3) is 0.739. The van der Waals surface area contributed by atoms with E-state index in [0.29, 0.717) is 11.5 Å². The van der Waals surface area contributed by atoms with Gasteiger partial charge in [0.15, 0.2) is 0 Å². The predicted molar refractivity (Wildman–Crippen MR) is 104 cm³/mol. The number of rotatable bonds is 4. The molecule has 3 fully saturated rings. The van der Waals surface area contributed by atoms with Gasteiger partial charge in [-0.05, 0) is 92.5 Å². The van der Waals surface area contributed by atoms with E-state index in [2.05, 4.69) is 30.0 Å². The predicted octanol–water partition coefficient (Wildman–Crippen LogP) is 3.91. The van der Waals surface area contributed by atoms with Crippen molar-refractivity contribution in [2.75, 3.05) is 20.2 Å². The van der Waals surface area contributed by atoms with Crippen LogP contribution in [0.3, 0.4) is 0 Å². The van der Waals surface area contributed by atoms with Crippen LogP contribution in [0, 0.1) is 11.3 Å². The summed E-state index contributed by atoms with van der Waals surface area (Å²) in [5, 5.41) is 10.7. The molecule has 1 aromatic rings. The van der Waals surface area contributed by atoms with Crippen molar-refractivity contribution in [2.45, 2.75) is 75.9 Å². The molecule has 1 unspecified atom stereocenters. The summed E-state index contributed by atoms with van der Waals surface area (Å²) in [6.45, 7) is 4.91. The van der Waals surface area contributed by atoms with Crippen molar-refractivity contribution in [3.8, 4) is 5.75 Å². The first-order valence-corrected chi connectivity index (χ1v) is 10.7. The molecule has 3 heteroatoms. The Bertz CT molecular complexity index is 699. The summed E-state index contributed by atoms with van der Waals surface area (Å²) in [6, 6.07) is 7.40. The largest absolute Gasteiger partial charge is 0.497 e. The lowest BCUT2D eigenvalue weighted by Gasteiger charge is -2.67. The molecule has 0 amide bonds. The van der Waals surface area contributed by atoms with Crippen LogP contribution in [0.1, 0.15) is 63.0 Å². The molecule has 5 rings (SSSR count). The fourth-order valence-corrected chi connectivity index (χ4v) is 7.00. The second-order valence-corrected chi connectivity index (χ2v) is 9.42. The van der Waals surface area contributed by atoms with E-state index in [0.717, 1.165) is 24.5 Å². The zero-order valence-corrected chi connectivity index (χ0v) is 16.3. The Morgan fingerprint density at radius 2 is 2.08 bits per heavy atom. The second kappa shape index (κ2) is 5.97. The third-order valence-electron chi connectivity index (χ3n) is 8.43.